The first-order chi connectivity index (χ1) is 24.6. The van der Waals surface area contributed by atoms with Crippen LogP contribution in [-0.4, -0.2) is 34.6 Å². The molecule has 2 saturated carbocycles. The molecule has 3 amide bonds. The first kappa shape index (κ1) is 32.1. The minimum atomic E-state index is -4.62. The second kappa shape index (κ2) is 11.8. The number of hydrogen-bond acceptors (Lipinski definition) is 7. The lowest BCUT2D eigenvalue weighted by molar-refractivity contribution is -0.137. The predicted molar refractivity (Wildman–Crippen MR) is 187 cm³/mol. The smallest absolute Gasteiger partial charge is 0.416 e. The predicted octanol–water partition coefficient (Wildman–Crippen LogP) is 7.30. The molecule has 2 N–H and O–H groups in total. The highest BCUT2D eigenvalue weighted by atomic mass is 32.2. The number of fused-ring (bicyclic) bond motifs is 10. The average Bonchev–Trinajstić information content (AvgIpc) is 3.86. The summed E-state index contributed by atoms with van der Waals surface area (Å²) in [6.07, 6.45) is -3.97. The number of anilines is 2. The van der Waals surface area contributed by atoms with Gasteiger partial charge in [-0.25, -0.2) is 0 Å². The highest BCUT2D eigenvalue weighted by Crippen LogP contribution is 2.68. The van der Waals surface area contributed by atoms with Gasteiger partial charge in [0.2, 0.25) is 11.8 Å². The van der Waals surface area contributed by atoms with Gasteiger partial charge in [-0.15, -0.1) is 11.8 Å². The molecule has 3 fully saturated rings. The van der Waals surface area contributed by atoms with Crippen LogP contribution in [0.25, 0.3) is 10.8 Å². The first-order valence-electron chi connectivity index (χ1n) is 16.5. The monoisotopic (exact) mass is 727 g/mol. The van der Waals surface area contributed by atoms with E-state index >= 15 is 0 Å². The van der Waals surface area contributed by atoms with Crippen molar-refractivity contribution in [2.45, 2.75) is 28.8 Å². The molecule has 2 aliphatic carbocycles. The Morgan fingerprint density at radius 3 is 2.41 bits per heavy atom. The lowest BCUT2D eigenvalue weighted by Crippen LogP contribution is -2.42. The average molecular weight is 728 g/mol. The van der Waals surface area contributed by atoms with Crippen LogP contribution in [0.15, 0.2) is 101 Å². The van der Waals surface area contributed by atoms with Crippen LogP contribution >= 0.6 is 23.1 Å². The number of alkyl halides is 3. The van der Waals surface area contributed by atoms with E-state index in [-0.39, 0.29) is 52.0 Å². The van der Waals surface area contributed by atoms with E-state index in [2.05, 4.69) is 10.3 Å². The van der Waals surface area contributed by atoms with Crippen LogP contribution in [0.4, 0.5) is 24.5 Å². The summed E-state index contributed by atoms with van der Waals surface area (Å²) < 4.78 is 46.5. The van der Waals surface area contributed by atoms with Crippen molar-refractivity contribution in [2.75, 3.05) is 16.8 Å². The molecule has 0 unspecified atom stereocenters. The van der Waals surface area contributed by atoms with Crippen molar-refractivity contribution in [3.63, 3.8) is 0 Å². The Bertz CT molecular complexity index is 2300. The van der Waals surface area contributed by atoms with Crippen molar-refractivity contribution < 1.29 is 32.3 Å². The summed E-state index contributed by atoms with van der Waals surface area (Å²) in [6, 6.07) is 25.2. The van der Waals surface area contributed by atoms with Gasteiger partial charge in [-0.2, -0.15) is 13.2 Å². The molecule has 1 saturated heterocycles. The van der Waals surface area contributed by atoms with Crippen molar-refractivity contribution >= 4 is 63.0 Å². The lowest BCUT2D eigenvalue weighted by atomic mass is 9.68. The Morgan fingerprint density at radius 1 is 0.902 bits per heavy atom. The highest BCUT2D eigenvalue weighted by molar-refractivity contribution is 8.00. The minimum Gasteiger partial charge on any atom is -0.484 e. The minimum absolute atomic E-state index is 0.0642. The van der Waals surface area contributed by atoms with E-state index in [0.717, 1.165) is 54.6 Å². The van der Waals surface area contributed by atoms with Gasteiger partial charge in [-0.05, 0) is 71.5 Å². The van der Waals surface area contributed by atoms with Gasteiger partial charge in [0.15, 0.2) is 6.61 Å². The van der Waals surface area contributed by atoms with Crippen molar-refractivity contribution in [3.05, 3.63) is 117 Å². The fourth-order valence-corrected chi connectivity index (χ4v) is 11.8. The van der Waals surface area contributed by atoms with Crippen molar-refractivity contribution in [2.24, 2.45) is 29.6 Å². The topological polar surface area (TPSA) is 109 Å². The van der Waals surface area contributed by atoms with E-state index in [1.807, 2.05) is 54.6 Å². The molecule has 13 heteroatoms. The largest absolute Gasteiger partial charge is 0.484 e. The van der Waals surface area contributed by atoms with Crippen molar-refractivity contribution in [3.8, 4) is 5.75 Å². The maximum atomic E-state index is 14.0. The van der Waals surface area contributed by atoms with Crippen LogP contribution in [0, 0.1) is 29.6 Å². The van der Waals surface area contributed by atoms with Gasteiger partial charge in [0.05, 0.1) is 28.1 Å². The molecule has 0 radical (unpaired) electrons. The zero-order chi connectivity index (χ0) is 35.2. The molecule has 8 nitrogen and oxygen atoms in total. The number of carbonyl (C=O) groups excluding carboxylic acids is 3. The molecule has 1 aromatic heterocycles. The molecule has 2 aliphatic heterocycles. The summed E-state index contributed by atoms with van der Waals surface area (Å²) in [6.45, 7) is -0.206. The Morgan fingerprint density at radius 2 is 1.63 bits per heavy atom. The number of thioether (sulfide) groups is 1. The third-order valence-corrected chi connectivity index (χ3v) is 13.4. The number of aromatic amines is 1. The fraction of sp³-hybridized carbons (Fsp3) is 0.263. The van der Waals surface area contributed by atoms with Gasteiger partial charge in [0.25, 0.3) is 5.91 Å². The maximum absolute atomic E-state index is 14.0. The Balaban J connectivity index is 0.968. The molecular weight excluding hydrogens is 700 g/mol. The molecule has 4 aliphatic rings. The first-order valence-corrected chi connectivity index (χ1v) is 18.2. The van der Waals surface area contributed by atoms with E-state index in [1.165, 1.54) is 23.9 Å². The summed E-state index contributed by atoms with van der Waals surface area (Å²) >= 11 is 2.67. The summed E-state index contributed by atoms with van der Waals surface area (Å²) in [7, 11) is 0. The van der Waals surface area contributed by atoms with E-state index in [9.17, 15) is 32.3 Å². The molecule has 5 aromatic rings. The van der Waals surface area contributed by atoms with E-state index < -0.39 is 35.4 Å². The van der Waals surface area contributed by atoms with Crippen LogP contribution in [0.2, 0.25) is 0 Å². The molecule has 0 spiro atoms. The molecular formula is C38H28F3N3O5S2. The number of thiazole rings is 1. The van der Waals surface area contributed by atoms with E-state index in [4.69, 9.17) is 4.74 Å². The Labute approximate surface area is 297 Å². The normalized spacial score (nSPS) is 26.3. The van der Waals surface area contributed by atoms with Gasteiger partial charge in [-0.1, -0.05) is 65.9 Å². The third-order valence-electron chi connectivity index (χ3n) is 10.8. The molecule has 51 heavy (non-hydrogen) atoms. The zero-order valence-electron chi connectivity index (χ0n) is 26.6. The fourth-order valence-electron chi connectivity index (χ4n) is 8.91. The molecule has 4 aromatic carbocycles. The number of ether oxygens (including phenoxy) is 1. The van der Waals surface area contributed by atoms with Crippen molar-refractivity contribution in [1.82, 2.24) is 4.98 Å². The second-order valence-corrected chi connectivity index (χ2v) is 15.7. The Kier molecular flexibility index (Phi) is 7.44. The summed E-state index contributed by atoms with van der Waals surface area (Å²) in [4.78, 5) is 57.9. The van der Waals surface area contributed by atoms with Gasteiger partial charge in [0, 0.05) is 27.1 Å². The SMILES string of the molecule is O=C(COc1ccc([C@@H]2c3sc(=O)[nH]c3S[C@@H]3[C@@H]4C[C@@H]([C@@H]5C(=O)N(c6cccc(C(F)(F)F)c6)C(=O)[C@@H]45)[C@H]23)cc1)Nc1cccc2ccccc12. The van der Waals surface area contributed by atoms with Crippen LogP contribution in [0.1, 0.15) is 28.3 Å². The van der Waals surface area contributed by atoms with E-state index in [0.29, 0.717) is 17.9 Å². The number of H-pyrrole nitrogens is 1. The number of rotatable bonds is 6. The standard InChI is InChI=1S/C38H28F3N3O5S2/c39-38(40,41)20-7-4-8-21(15-20)44-35(46)30-24-16-25(31(30)36(44)47)32-29(24)28(33-34(50-32)43-37(48)51-33)19-11-13-22(14-12-19)49-17-27(45)42-26-10-3-6-18-5-1-2-9-23(18)26/h1-15,24-25,28-32H,16-17H2,(H,42,45)(H,43,48)/t24-,25-,28+,29-,30+,31+,32-/m1/s1. The third kappa shape index (κ3) is 5.19. The Hall–Kier alpha value is -4.88. The maximum Gasteiger partial charge on any atom is 0.416 e. The number of nitrogens with zero attached hydrogens (tertiary/aromatic N) is 1. The number of imide groups is 1. The van der Waals surface area contributed by atoms with Gasteiger partial charge >= 0.3 is 11.0 Å². The van der Waals surface area contributed by atoms with E-state index in [1.54, 1.807) is 12.1 Å². The molecule has 9 rings (SSSR count). The number of halogens is 3. The molecule has 2 bridgehead atoms. The second-order valence-electron chi connectivity index (χ2n) is 13.5. The number of hydrogen-bond donors (Lipinski definition) is 2. The molecule has 7 atom stereocenters. The summed E-state index contributed by atoms with van der Waals surface area (Å²) in [5.74, 6) is -2.74. The van der Waals surface area contributed by atoms with Gasteiger partial charge in [-0.3, -0.25) is 24.1 Å². The molecule has 3 heterocycles. The number of aromatic nitrogens is 1. The van der Waals surface area contributed by atoms with Gasteiger partial charge < -0.3 is 15.0 Å². The summed E-state index contributed by atoms with van der Waals surface area (Å²) in [5.41, 5.74) is 0.614. The zero-order valence-corrected chi connectivity index (χ0v) is 28.2. The van der Waals surface area contributed by atoms with Crippen LogP contribution in [-0.2, 0) is 20.6 Å². The van der Waals surface area contributed by atoms with Crippen LogP contribution in [0.3, 0.4) is 0 Å². The summed E-state index contributed by atoms with van der Waals surface area (Å²) in [5, 5.41) is 5.52. The lowest BCUT2D eigenvalue weighted by Gasteiger charge is -2.43. The van der Waals surface area contributed by atoms with Gasteiger partial charge in [0.1, 0.15) is 5.75 Å². The number of nitrogens with one attached hydrogen (secondary N) is 2. The van der Waals surface area contributed by atoms with Crippen molar-refractivity contribution in [1.29, 1.82) is 0 Å². The highest BCUT2D eigenvalue weighted by Gasteiger charge is 2.69. The quantitative estimate of drug-likeness (QED) is 0.178. The number of amides is 3. The molecule has 258 valence electrons. The number of carbonyl (C=O) groups is 3. The van der Waals surface area contributed by atoms with Crippen LogP contribution < -0.4 is 19.8 Å². The number of benzene rings is 4. The van der Waals surface area contributed by atoms with Crippen LogP contribution in [0.5, 0.6) is 5.75 Å².